The van der Waals surface area contributed by atoms with Crippen molar-refractivity contribution >= 4 is 5.97 Å². The van der Waals surface area contributed by atoms with Gasteiger partial charge in [-0.1, -0.05) is 24.3 Å². The minimum Gasteiger partial charge on any atom is -0.480 e. The predicted octanol–water partition coefficient (Wildman–Crippen LogP) is 1.80. The van der Waals surface area contributed by atoms with E-state index in [1.807, 2.05) is 22.5 Å². The number of aryl methyl sites for hydroxylation is 3. The molecule has 1 N–H and O–H groups in total. The van der Waals surface area contributed by atoms with E-state index in [0.717, 1.165) is 31.0 Å². The highest BCUT2D eigenvalue weighted by Gasteiger charge is 2.32. The van der Waals surface area contributed by atoms with Gasteiger partial charge in [-0.3, -0.25) is 9.69 Å². The maximum Gasteiger partial charge on any atom is 0.322 e. The molecule has 0 saturated carbocycles. The van der Waals surface area contributed by atoms with Crippen molar-refractivity contribution in [2.45, 2.75) is 45.8 Å². The zero-order chi connectivity index (χ0) is 16.4. The van der Waals surface area contributed by atoms with E-state index in [4.69, 9.17) is 0 Å². The van der Waals surface area contributed by atoms with Crippen molar-refractivity contribution in [1.82, 2.24) is 19.7 Å². The summed E-state index contributed by atoms with van der Waals surface area (Å²) in [6.45, 7) is 5.70. The summed E-state index contributed by atoms with van der Waals surface area (Å²) in [6.07, 6.45) is 1.89. The number of nitrogens with zero attached hydrogens (tertiary/aromatic N) is 4. The first-order chi connectivity index (χ1) is 11.1. The predicted molar refractivity (Wildman–Crippen MR) is 86.1 cm³/mol. The Morgan fingerprint density at radius 3 is 2.83 bits per heavy atom. The Kier molecular flexibility index (Phi) is 4.43. The Morgan fingerprint density at radius 1 is 1.30 bits per heavy atom. The van der Waals surface area contributed by atoms with Crippen molar-refractivity contribution in [3.05, 3.63) is 47.0 Å². The summed E-state index contributed by atoms with van der Waals surface area (Å²) >= 11 is 0. The third-order valence-corrected chi connectivity index (χ3v) is 4.59. The lowest BCUT2D eigenvalue weighted by atomic mass is 10.0. The van der Waals surface area contributed by atoms with E-state index >= 15 is 0 Å². The fourth-order valence-corrected chi connectivity index (χ4v) is 3.19. The van der Waals surface area contributed by atoms with E-state index in [1.54, 1.807) is 0 Å². The molecule has 0 radical (unpaired) electrons. The molecule has 122 valence electrons. The summed E-state index contributed by atoms with van der Waals surface area (Å²) in [5.41, 5.74) is 2.62. The standard InChI is InChI=1S/C17H22N4O2/c1-12-6-3-4-7-14(12)8-5-9-20-11-16-19-18-13(2)21(16)10-15(20)17(22)23/h3-4,6-7,15H,5,8-11H2,1-2H3,(H,22,23). The summed E-state index contributed by atoms with van der Waals surface area (Å²) in [6, 6.07) is 7.84. The third kappa shape index (κ3) is 3.27. The molecular formula is C17H22N4O2. The van der Waals surface area contributed by atoms with Crippen LogP contribution >= 0.6 is 0 Å². The minimum absolute atomic E-state index is 0.424. The Morgan fingerprint density at radius 2 is 2.09 bits per heavy atom. The van der Waals surface area contributed by atoms with Crippen LogP contribution in [0.25, 0.3) is 0 Å². The van der Waals surface area contributed by atoms with Crippen LogP contribution in [0, 0.1) is 13.8 Å². The maximum atomic E-state index is 11.6. The van der Waals surface area contributed by atoms with Gasteiger partial charge < -0.3 is 9.67 Å². The van der Waals surface area contributed by atoms with Gasteiger partial charge in [0, 0.05) is 0 Å². The first-order valence-corrected chi connectivity index (χ1v) is 7.96. The average Bonchev–Trinajstić information content (AvgIpc) is 2.89. The van der Waals surface area contributed by atoms with Crippen LogP contribution in [0.15, 0.2) is 24.3 Å². The van der Waals surface area contributed by atoms with Crippen LogP contribution in [0.2, 0.25) is 0 Å². The number of carbonyl (C=O) groups is 1. The van der Waals surface area contributed by atoms with E-state index in [2.05, 4.69) is 35.3 Å². The second kappa shape index (κ2) is 6.50. The molecule has 2 aromatic rings. The van der Waals surface area contributed by atoms with Crippen molar-refractivity contribution in [2.24, 2.45) is 0 Å². The molecule has 1 aromatic heterocycles. The van der Waals surface area contributed by atoms with Gasteiger partial charge in [0.15, 0.2) is 0 Å². The molecule has 0 fully saturated rings. The molecule has 1 aliphatic heterocycles. The topological polar surface area (TPSA) is 71.2 Å². The van der Waals surface area contributed by atoms with Crippen molar-refractivity contribution in [3.63, 3.8) is 0 Å². The van der Waals surface area contributed by atoms with Gasteiger partial charge in [-0.2, -0.15) is 0 Å². The lowest BCUT2D eigenvalue weighted by molar-refractivity contribution is -0.145. The second-order valence-corrected chi connectivity index (χ2v) is 6.13. The van der Waals surface area contributed by atoms with Crippen LogP contribution < -0.4 is 0 Å². The zero-order valence-corrected chi connectivity index (χ0v) is 13.6. The van der Waals surface area contributed by atoms with Crippen molar-refractivity contribution in [1.29, 1.82) is 0 Å². The summed E-state index contributed by atoms with van der Waals surface area (Å²) in [4.78, 5) is 13.6. The molecule has 0 aliphatic carbocycles. The smallest absolute Gasteiger partial charge is 0.322 e. The fraction of sp³-hybridized carbons (Fsp3) is 0.471. The van der Waals surface area contributed by atoms with Crippen molar-refractivity contribution < 1.29 is 9.90 Å². The number of hydrogen-bond donors (Lipinski definition) is 1. The quantitative estimate of drug-likeness (QED) is 0.911. The van der Waals surface area contributed by atoms with E-state index in [0.29, 0.717) is 13.1 Å². The third-order valence-electron chi connectivity index (χ3n) is 4.59. The Labute approximate surface area is 135 Å². The Balaban J connectivity index is 1.66. The molecule has 0 bridgehead atoms. The molecule has 6 heteroatoms. The average molecular weight is 314 g/mol. The number of carboxylic acid groups (broad SMARTS) is 1. The number of rotatable bonds is 5. The first kappa shape index (κ1) is 15.7. The van der Waals surface area contributed by atoms with Crippen LogP contribution in [-0.4, -0.2) is 43.3 Å². The molecule has 2 heterocycles. The van der Waals surface area contributed by atoms with Gasteiger partial charge in [0.2, 0.25) is 0 Å². The molecule has 0 spiro atoms. The summed E-state index contributed by atoms with van der Waals surface area (Å²) in [5.74, 6) is 0.862. The van der Waals surface area contributed by atoms with E-state index in [9.17, 15) is 9.90 Å². The van der Waals surface area contributed by atoms with E-state index in [-0.39, 0.29) is 0 Å². The number of aromatic nitrogens is 3. The van der Waals surface area contributed by atoms with Gasteiger partial charge in [0.1, 0.15) is 17.7 Å². The Bertz CT molecular complexity index is 710. The molecule has 3 rings (SSSR count). The van der Waals surface area contributed by atoms with Crippen LogP contribution in [0.5, 0.6) is 0 Å². The highest BCUT2D eigenvalue weighted by Crippen LogP contribution is 2.19. The van der Waals surface area contributed by atoms with Gasteiger partial charge in [-0.15, -0.1) is 10.2 Å². The zero-order valence-electron chi connectivity index (χ0n) is 13.6. The highest BCUT2D eigenvalue weighted by molar-refractivity contribution is 5.73. The molecule has 0 amide bonds. The molecule has 1 atom stereocenters. The monoisotopic (exact) mass is 314 g/mol. The molecule has 1 aromatic carbocycles. The SMILES string of the molecule is Cc1ccccc1CCCN1Cc2nnc(C)n2CC1C(=O)O. The normalized spacial score (nSPS) is 17.9. The number of fused-ring (bicyclic) bond motifs is 1. The van der Waals surface area contributed by atoms with Crippen molar-refractivity contribution in [3.8, 4) is 0 Å². The van der Waals surface area contributed by atoms with Gasteiger partial charge in [-0.25, -0.2) is 0 Å². The Hall–Kier alpha value is -2.21. The summed E-state index contributed by atoms with van der Waals surface area (Å²) in [7, 11) is 0. The number of hydrogen-bond acceptors (Lipinski definition) is 4. The molecule has 0 saturated heterocycles. The van der Waals surface area contributed by atoms with E-state index in [1.165, 1.54) is 11.1 Å². The van der Waals surface area contributed by atoms with Gasteiger partial charge >= 0.3 is 5.97 Å². The maximum absolute atomic E-state index is 11.6. The summed E-state index contributed by atoms with van der Waals surface area (Å²) in [5, 5.41) is 17.7. The molecule has 6 nitrogen and oxygen atoms in total. The lowest BCUT2D eigenvalue weighted by Gasteiger charge is -2.33. The number of aliphatic carboxylic acids is 1. The van der Waals surface area contributed by atoms with Gasteiger partial charge in [0.25, 0.3) is 0 Å². The second-order valence-electron chi connectivity index (χ2n) is 6.13. The molecule has 1 unspecified atom stereocenters. The van der Waals surface area contributed by atoms with Crippen LogP contribution in [0.4, 0.5) is 0 Å². The summed E-state index contributed by atoms with van der Waals surface area (Å²) < 4.78 is 1.91. The molecule has 1 aliphatic rings. The fourth-order valence-electron chi connectivity index (χ4n) is 3.19. The number of benzene rings is 1. The van der Waals surface area contributed by atoms with Crippen LogP contribution in [-0.2, 0) is 24.3 Å². The van der Waals surface area contributed by atoms with Gasteiger partial charge in [0.05, 0.1) is 13.1 Å². The molecular weight excluding hydrogens is 292 g/mol. The highest BCUT2D eigenvalue weighted by atomic mass is 16.4. The number of carboxylic acids is 1. The minimum atomic E-state index is -0.778. The first-order valence-electron chi connectivity index (χ1n) is 7.96. The molecule has 23 heavy (non-hydrogen) atoms. The lowest BCUT2D eigenvalue weighted by Crippen LogP contribution is -2.48. The van der Waals surface area contributed by atoms with E-state index < -0.39 is 12.0 Å². The van der Waals surface area contributed by atoms with Crippen LogP contribution in [0.3, 0.4) is 0 Å². The van der Waals surface area contributed by atoms with Crippen molar-refractivity contribution in [2.75, 3.05) is 6.54 Å². The van der Waals surface area contributed by atoms with Crippen LogP contribution in [0.1, 0.15) is 29.2 Å². The van der Waals surface area contributed by atoms with Gasteiger partial charge in [-0.05, 0) is 44.4 Å². The largest absolute Gasteiger partial charge is 0.480 e.